The monoisotopic (exact) mass is 896 g/mol. The summed E-state index contributed by atoms with van der Waals surface area (Å²) in [6, 6.07) is 40.0. The van der Waals surface area contributed by atoms with Crippen molar-refractivity contribution in [2.75, 3.05) is 0 Å². The normalized spacial score (nSPS) is 14.7. The second kappa shape index (κ2) is 17.5. The third-order valence-electron chi connectivity index (χ3n) is 9.25. The van der Waals surface area contributed by atoms with Gasteiger partial charge in [-0.3, -0.25) is 19.2 Å². The number of hydrogen-bond acceptors (Lipinski definition) is 10. The molecule has 6 aromatic rings. The van der Waals surface area contributed by atoms with Crippen molar-refractivity contribution in [3.05, 3.63) is 203 Å². The molecule has 12 nitrogen and oxygen atoms in total. The molecule has 6 aromatic carbocycles. The van der Waals surface area contributed by atoms with E-state index < -0.39 is 66.3 Å². The molecule has 0 atom stereocenters. The van der Waals surface area contributed by atoms with Crippen LogP contribution in [0.15, 0.2) is 180 Å². The first-order chi connectivity index (χ1) is 30.0. The van der Waals surface area contributed by atoms with E-state index in [-0.39, 0.29) is 37.3 Å². The number of halogens is 4. The molecule has 318 valence electrons. The number of hydrogen-bond donors (Lipinski definition) is 0. The Morgan fingerprint density at radius 3 is 1.03 bits per heavy atom. The molecule has 0 saturated heterocycles. The summed E-state index contributed by atoms with van der Waals surface area (Å²) >= 11 is 0. The highest BCUT2D eigenvalue weighted by molar-refractivity contribution is 7.87. The van der Waals surface area contributed by atoms with Gasteiger partial charge in [-0.05, 0) is 58.7 Å². The van der Waals surface area contributed by atoms with Gasteiger partial charge in [0, 0.05) is 0 Å². The molecule has 0 N–H and O–H groups in total. The predicted molar refractivity (Wildman–Crippen MR) is 217 cm³/mol. The minimum atomic E-state index is -5.20. The van der Waals surface area contributed by atoms with E-state index in [1.807, 2.05) is 0 Å². The van der Waals surface area contributed by atoms with Gasteiger partial charge in [0.2, 0.25) is 0 Å². The SMILES string of the molecule is O=C1C(c2ccccc2)=C(c2ccccc2)C(=O)N1OS(=O)(=O)c1ccc(F)cc1.O=C1C(c2ccccc2)=C(c2ccccc2)C(=O)N1OS(=O)(=O)c1ccccc1C(F)(F)F. The van der Waals surface area contributed by atoms with Gasteiger partial charge >= 0.3 is 26.4 Å². The van der Waals surface area contributed by atoms with Gasteiger partial charge in [0.15, 0.2) is 0 Å². The fourth-order valence-electron chi connectivity index (χ4n) is 6.44. The molecule has 0 fully saturated rings. The summed E-state index contributed by atoms with van der Waals surface area (Å²) in [5, 5.41) is 0.205. The van der Waals surface area contributed by atoms with Gasteiger partial charge in [-0.2, -0.15) is 30.0 Å². The molecule has 0 saturated carbocycles. The van der Waals surface area contributed by atoms with Crippen molar-refractivity contribution in [2.45, 2.75) is 16.0 Å². The molecule has 2 aliphatic rings. The lowest BCUT2D eigenvalue weighted by atomic mass is 9.96. The number of nitrogens with zero attached hydrogens (tertiary/aromatic N) is 2. The number of alkyl halides is 3. The highest BCUT2D eigenvalue weighted by Gasteiger charge is 2.46. The van der Waals surface area contributed by atoms with Crippen molar-refractivity contribution >= 4 is 66.2 Å². The maximum atomic E-state index is 13.3. The zero-order chi connectivity index (χ0) is 45.1. The van der Waals surface area contributed by atoms with Gasteiger partial charge in [0.25, 0.3) is 23.6 Å². The minimum absolute atomic E-state index is 0.0207. The fraction of sp³-hybridized carbons (Fsp3) is 0.0222. The molecule has 0 aromatic heterocycles. The van der Waals surface area contributed by atoms with Gasteiger partial charge in [-0.1, -0.05) is 133 Å². The fourth-order valence-corrected chi connectivity index (χ4v) is 8.44. The summed E-state index contributed by atoms with van der Waals surface area (Å²) in [6.45, 7) is 0. The zero-order valence-corrected chi connectivity index (χ0v) is 33.6. The topological polar surface area (TPSA) is 161 Å². The highest BCUT2D eigenvalue weighted by atomic mass is 32.2. The molecular weight excluding hydrogens is 869 g/mol. The van der Waals surface area contributed by atoms with E-state index >= 15 is 0 Å². The number of rotatable bonds is 10. The van der Waals surface area contributed by atoms with Crippen LogP contribution in [0.5, 0.6) is 0 Å². The van der Waals surface area contributed by atoms with Crippen molar-refractivity contribution in [2.24, 2.45) is 0 Å². The summed E-state index contributed by atoms with van der Waals surface area (Å²) in [5.74, 6) is -4.68. The van der Waals surface area contributed by atoms with Crippen LogP contribution in [0.2, 0.25) is 0 Å². The van der Waals surface area contributed by atoms with Crippen molar-refractivity contribution in [1.82, 2.24) is 10.1 Å². The Morgan fingerprint density at radius 2 is 0.698 bits per heavy atom. The average Bonchev–Trinajstić information content (AvgIpc) is 3.67. The Bertz CT molecular complexity index is 2920. The lowest BCUT2D eigenvalue weighted by molar-refractivity contribution is -0.162. The van der Waals surface area contributed by atoms with E-state index in [0.717, 1.165) is 36.4 Å². The van der Waals surface area contributed by atoms with E-state index in [4.69, 9.17) is 8.57 Å². The Hall–Kier alpha value is -7.38. The van der Waals surface area contributed by atoms with Crippen LogP contribution in [0, 0.1) is 5.82 Å². The largest absolute Gasteiger partial charge is 0.417 e. The first-order valence-electron chi connectivity index (χ1n) is 18.3. The number of carbonyl (C=O) groups is 4. The van der Waals surface area contributed by atoms with Crippen LogP contribution < -0.4 is 0 Å². The number of carbonyl (C=O) groups excluding carboxylic acids is 4. The second-order valence-corrected chi connectivity index (χ2v) is 16.3. The maximum Gasteiger partial charge on any atom is 0.417 e. The molecule has 18 heteroatoms. The quantitative estimate of drug-likeness (QED) is 0.0983. The van der Waals surface area contributed by atoms with Crippen LogP contribution in [-0.2, 0) is 54.2 Å². The predicted octanol–water partition coefficient (Wildman–Crippen LogP) is 7.73. The molecular formula is C45H28F4N2O10S2. The van der Waals surface area contributed by atoms with E-state index in [9.17, 15) is 53.6 Å². The van der Waals surface area contributed by atoms with Crippen LogP contribution >= 0.6 is 0 Å². The van der Waals surface area contributed by atoms with Gasteiger partial charge in [-0.15, -0.1) is 18.7 Å². The Balaban J connectivity index is 0.000000190. The summed E-state index contributed by atoms with van der Waals surface area (Å²) in [4.78, 5) is 50.8. The van der Waals surface area contributed by atoms with Gasteiger partial charge in [0.1, 0.15) is 10.7 Å². The van der Waals surface area contributed by atoms with Crippen LogP contribution in [0.4, 0.5) is 17.6 Å². The standard InChI is InChI=1S/C23H14F3NO5S.C22H14FNO5S/c24-23(25,26)17-13-7-8-14-18(17)33(30,31)32-27-21(28)19(15-9-3-1-4-10-15)20(22(27)29)16-11-5-2-6-12-16;23-17-11-13-18(14-12-17)30(27,28)29-24-21(25)19(15-7-3-1-4-8-15)20(22(24)26)16-9-5-2-6-10-16/h1-14H;1-14H. The van der Waals surface area contributed by atoms with Crippen LogP contribution in [-0.4, -0.2) is 50.6 Å². The molecule has 0 aliphatic carbocycles. The van der Waals surface area contributed by atoms with Gasteiger partial charge in [-0.25, -0.2) is 4.39 Å². The van der Waals surface area contributed by atoms with Gasteiger partial charge < -0.3 is 0 Å². The van der Waals surface area contributed by atoms with Crippen molar-refractivity contribution in [3.8, 4) is 0 Å². The molecule has 0 spiro atoms. The van der Waals surface area contributed by atoms with E-state index in [1.165, 1.54) is 0 Å². The summed E-state index contributed by atoms with van der Waals surface area (Å²) in [6.07, 6.45) is -5.01. The minimum Gasteiger partial charge on any atom is -0.266 e. The third-order valence-corrected chi connectivity index (χ3v) is 11.7. The molecule has 2 aliphatic heterocycles. The Labute approximate surface area is 356 Å². The average molecular weight is 897 g/mol. The van der Waals surface area contributed by atoms with Crippen LogP contribution in [0.25, 0.3) is 22.3 Å². The summed E-state index contributed by atoms with van der Waals surface area (Å²) in [7, 11) is -9.74. The zero-order valence-electron chi connectivity index (χ0n) is 32.0. The number of hydroxylamine groups is 4. The van der Waals surface area contributed by atoms with Crippen LogP contribution in [0.1, 0.15) is 27.8 Å². The van der Waals surface area contributed by atoms with Crippen molar-refractivity contribution in [1.29, 1.82) is 0 Å². The van der Waals surface area contributed by atoms with E-state index in [0.29, 0.717) is 34.4 Å². The molecule has 0 unspecified atom stereocenters. The van der Waals surface area contributed by atoms with Crippen molar-refractivity contribution < 1.29 is 62.1 Å². The second-order valence-electron chi connectivity index (χ2n) is 13.3. The Kier molecular flexibility index (Phi) is 12.2. The number of benzene rings is 6. The molecule has 63 heavy (non-hydrogen) atoms. The smallest absolute Gasteiger partial charge is 0.266 e. The van der Waals surface area contributed by atoms with Crippen molar-refractivity contribution in [3.63, 3.8) is 0 Å². The van der Waals surface area contributed by atoms with E-state index in [1.54, 1.807) is 121 Å². The highest BCUT2D eigenvalue weighted by Crippen LogP contribution is 2.40. The Morgan fingerprint density at radius 1 is 0.397 bits per heavy atom. The summed E-state index contributed by atoms with van der Waals surface area (Å²) in [5.41, 5.74) is -0.175. The lowest BCUT2D eigenvalue weighted by Crippen LogP contribution is -2.34. The third kappa shape index (κ3) is 9.00. The number of imide groups is 2. The first kappa shape index (κ1) is 43.7. The van der Waals surface area contributed by atoms with Crippen LogP contribution in [0.3, 0.4) is 0 Å². The molecule has 8 rings (SSSR count). The maximum absolute atomic E-state index is 13.3. The molecule has 2 heterocycles. The summed E-state index contributed by atoms with van der Waals surface area (Å²) < 4.78 is 113. The van der Waals surface area contributed by atoms with E-state index in [2.05, 4.69) is 0 Å². The molecule has 4 amide bonds. The van der Waals surface area contributed by atoms with Gasteiger partial charge in [0.05, 0.1) is 32.8 Å². The molecule has 0 bridgehead atoms. The lowest BCUT2D eigenvalue weighted by Gasteiger charge is -2.17. The molecule has 0 radical (unpaired) electrons. The first-order valence-corrected chi connectivity index (χ1v) is 21.1. The number of amides is 4.